The van der Waals surface area contributed by atoms with Crippen LogP contribution in [-0.2, 0) is 4.79 Å². The average molecular weight is 537 g/mol. The van der Waals surface area contributed by atoms with E-state index in [1.807, 2.05) is 37.3 Å². The number of ether oxygens (including phenoxy) is 1. The summed E-state index contributed by atoms with van der Waals surface area (Å²) in [6.07, 6.45) is 0. The lowest BCUT2D eigenvalue weighted by atomic mass is 10.2. The van der Waals surface area contributed by atoms with Crippen LogP contribution in [0.2, 0.25) is 0 Å². The molecule has 8 heteroatoms. The highest BCUT2D eigenvalue weighted by Gasteiger charge is 2.09. The first-order valence-corrected chi connectivity index (χ1v) is 9.58. The fraction of sp³-hybridized carbons (Fsp3) is 0.125. The zero-order valence-electron chi connectivity index (χ0n) is 12.5. The van der Waals surface area contributed by atoms with Gasteiger partial charge in [-0.2, -0.15) is 0 Å². The summed E-state index contributed by atoms with van der Waals surface area (Å²) in [6.45, 7) is 1.85. The third-order valence-corrected chi connectivity index (χ3v) is 4.85. The van der Waals surface area contributed by atoms with E-state index in [0.29, 0.717) is 5.75 Å². The molecule has 2 aromatic carbocycles. The molecule has 2 rings (SSSR count). The van der Waals surface area contributed by atoms with Crippen molar-refractivity contribution < 1.29 is 9.53 Å². The van der Waals surface area contributed by atoms with Crippen molar-refractivity contribution in [3.05, 3.63) is 55.4 Å². The van der Waals surface area contributed by atoms with Gasteiger partial charge in [0.2, 0.25) is 0 Å². The predicted molar refractivity (Wildman–Crippen MR) is 111 cm³/mol. The molecule has 126 valence electrons. The second-order valence-electron chi connectivity index (χ2n) is 4.85. The van der Waals surface area contributed by atoms with Gasteiger partial charge in [-0.3, -0.25) is 10.1 Å². The zero-order chi connectivity index (χ0) is 17.7. The van der Waals surface area contributed by atoms with Crippen LogP contribution in [0, 0.1) is 6.92 Å². The van der Waals surface area contributed by atoms with Crippen LogP contribution in [0.5, 0.6) is 5.75 Å². The van der Waals surface area contributed by atoms with Crippen LogP contribution in [-0.4, -0.2) is 17.6 Å². The number of nitrogens with one attached hydrogen (secondary N) is 2. The van der Waals surface area contributed by atoms with Crippen LogP contribution < -0.4 is 15.4 Å². The number of aryl methyl sites for hydroxylation is 1. The summed E-state index contributed by atoms with van der Waals surface area (Å²) in [5.74, 6) is 0.235. The van der Waals surface area contributed by atoms with Gasteiger partial charge in [0.1, 0.15) is 5.75 Å². The molecule has 0 radical (unpaired) electrons. The molecule has 4 nitrogen and oxygen atoms in total. The first-order valence-electron chi connectivity index (χ1n) is 6.80. The van der Waals surface area contributed by atoms with Crippen LogP contribution in [0.3, 0.4) is 0 Å². The van der Waals surface area contributed by atoms with E-state index in [0.717, 1.165) is 24.7 Å². The van der Waals surface area contributed by atoms with E-state index < -0.39 is 0 Å². The molecule has 0 unspecified atom stereocenters. The monoisotopic (exact) mass is 534 g/mol. The van der Waals surface area contributed by atoms with Crippen molar-refractivity contribution in [2.75, 3.05) is 11.9 Å². The van der Waals surface area contributed by atoms with Gasteiger partial charge in [0.05, 0.1) is 10.2 Å². The summed E-state index contributed by atoms with van der Waals surface area (Å²) in [6, 6.07) is 11.2. The van der Waals surface area contributed by atoms with Crippen molar-refractivity contribution in [2.45, 2.75) is 6.92 Å². The van der Waals surface area contributed by atoms with Crippen molar-refractivity contribution in [3.8, 4) is 5.75 Å². The minimum absolute atomic E-state index is 0.142. The Balaban J connectivity index is 1.86. The molecule has 2 N–H and O–H groups in total. The topological polar surface area (TPSA) is 50.4 Å². The standard InChI is InChI=1S/C16H13Br3N2O2S/c1-9-2-4-13(11(18)6-9)20-16(24)21-15(22)8-23-14-5-3-10(17)7-12(14)19/h2-7H,8H2,1H3,(H2,20,21,22,24). The lowest BCUT2D eigenvalue weighted by Gasteiger charge is -2.12. The molecule has 0 atom stereocenters. The molecular weight excluding hydrogens is 524 g/mol. The van der Waals surface area contributed by atoms with Crippen molar-refractivity contribution in [1.82, 2.24) is 5.32 Å². The highest BCUT2D eigenvalue weighted by molar-refractivity contribution is 9.11. The lowest BCUT2D eigenvalue weighted by Crippen LogP contribution is -2.37. The Morgan fingerprint density at radius 2 is 1.88 bits per heavy atom. The molecule has 0 bridgehead atoms. The Morgan fingerprint density at radius 3 is 2.54 bits per heavy atom. The maximum absolute atomic E-state index is 11.9. The van der Waals surface area contributed by atoms with E-state index in [-0.39, 0.29) is 17.6 Å². The number of benzene rings is 2. The van der Waals surface area contributed by atoms with Crippen molar-refractivity contribution in [2.24, 2.45) is 0 Å². The third-order valence-electron chi connectivity index (χ3n) is 2.88. The smallest absolute Gasteiger partial charge is 0.264 e. The molecule has 1 amide bonds. The molecule has 0 saturated carbocycles. The summed E-state index contributed by atoms with van der Waals surface area (Å²) in [7, 11) is 0. The fourth-order valence-electron chi connectivity index (χ4n) is 1.77. The zero-order valence-corrected chi connectivity index (χ0v) is 18.1. The number of anilines is 1. The van der Waals surface area contributed by atoms with Crippen molar-refractivity contribution in [1.29, 1.82) is 0 Å². The van der Waals surface area contributed by atoms with E-state index in [2.05, 4.69) is 58.4 Å². The quantitative estimate of drug-likeness (QED) is 0.529. The molecular formula is C16H13Br3N2O2S. The Bertz CT molecular complexity index is 784. The first kappa shape index (κ1) is 19.4. The van der Waals surface area contributed by atoms with Gasteiger partial charge in [-0.15, -0.1) is 0 Å². The number of hydrogen-bond acceptors (Lipinski definition) is 3. The van der Waals surface area contributed by atoms with Gasteiger partial charge in [0, 0.05) is 8.95 Å². The minimum atomic E-state index is -0.342. The number of thiocarbonyl (C=S) groups is 1. The van der Waals surface area contributed by atoms with E-state index in [1.165, 1.54) is 0 Å². The summed E-state index contributed by atoms with van der Waals surface area (Å²) < 4.78 is 8.01. The SMILES string of the molecule is Cc1ccc(NC(=S)NC(=O)COc2ccc(Br)cc2Br)c(Br)c1. The molecule has 0 aliphatic rings. The van der Waals surface area contributed by atoms with E-state index >= 15 is 0 Å². The normalized spacial score (nSPS) is 10.2. The molecule has 0 fully saturated rings. The van der Waals surface area contributed by atoms with Gasteiger partial charge in [-0.25, -0.2) is 0 Å². The predicted octanol–water partition coefficient (Wildman–Crippen LogP) is 5.17. The lowest BCUT2D eigenvalue weighted by molar-refractivity contribution is -0.121. The number of hydrogen-bond donors (Lipinski definition) is 2. The molecule has 0 aliphatic heterocycles. The summed E-state index contributed by atoms with van der Waals surface area (Å²) in [5, 5.41) is 5.76. The maximum atomic E-state index is 11.9. The van der Waals surface area contributed by atoms with Crippen molar-refractivity contribution in [3.63, 3.8) is 0 Å². The van der Waals surface area contributed by atoms with E-state index in [1.54, 1.807) is 6.07 Å². The van der Waals surface area contributed by atoms with Crippen molar-refractivity contribution >= 4 is 76.7 Å². The maximum Gasteiger partial charge on any atom is 0.264 e. The second-order valence-corrected chi connectivity index (χ2v) is 7.88. The Labute approximate surface area is 170 Å². The van der Waals surface area contributed by atoms with Gasteiger partial charge in [-0.1, -0.05) is 22.0 Å². The summed E-state index contributed by atoms with van der Waals surface area (Å²) in [5.41, 5.74) is 1.90. The minimum Gasteiger partial charge on any atom is -0.483 e. The van der Waals surface area contributed by atoms with Gasteiger partial charge in [0.25, 0.3) is 5.91 Å². The number of halogens is 3. The third kappa shape index (κ3) is 5.84. The number of rotatable bonds is 4. The Morgan fingerprint density at radius 1 is 1.12 bits per heavy atom. The van der Waals surface area contributed by atoms with E-state index in [4.69, 9.17) is 17.0 Å². The molecule has 0 saturated heterocycles. The summed E-state index contributed by atoms with van der Waals surface area (Å²) in [4.78, 5) is 11.9. The number of amides is 1. The van der Waals surface area contributed by atoms with Gasteiger partial charge < -0.3 is 10.1 Å². The van der Waals surface area contributed by atoms with Crippen LogP contribution in [0.1, 0.15) is 5.56 Å². The van der Waals surface area contributed by atoms with E-state index in [9.17, 15) is 4.79 Å². The highest BCUT2D eigenvalue weighted by atomic mass is 79.9. The molecule has 0 aromatic heterocycles. The molecule has 0 aliphatic carbocycles. The highest BCUT2D eigenvalue weighted by Crippen LogP contribution is 2.28. The second kappa shape index (κ2) is 8.94. The van der Waals surface area contributed by atoms with Gasteiger partial charge in [-0.05, 0) is 86.9 Å². The average Bonchev–Trinajstić information content (AvgIpc) is 2.49. The Kier molecular flexibility index (Phi) is 7.21. The molecule has 2 aromatic rings. The first-order chi connectivity index (χ1) is 11.3. The largest absolute Gasteiger partial charge is 0.483 e. The van der Waals surface area contributed by atoms with Crippen LogP contribution >= 0.6 is 60.0 Å². The van der Waals surface area contributed by atoms with Crippen LogP contribution in [0.4, 0.5) is 5.69 Å². The van der Waals surface area contributed by atoms with Crippen LogP contribution in [0.25, 0.3) is 0 Å². The van der Waals surface area contributed by atoms with Crippen LogP contribution in [0.15, 0.2) is 49.8 Å². The molecule has 0 heterocycles. The van der Waals surface area contributed by atoms with Gasteiger partial charge in [0.15, 0.2) is 11.7 Å². The Hall–Kier alpha value is -0.960. The molecule has 0 spiro atoms. The fourth-order valence-corrected chi connectivity index (χ4v) is 3.75. The van der Waals surface area contributed by atoms with Gasteiger partial charge >= 0.3 is 0 Å². The summed E-state index contributed by atoms with van der Waals surface area (Å²) >= 11 is 15.3. The number of carbonyl (C=O) groups excluding carboxylic acids is 1. The number of carbonyl (C=O) groups is 1. The molecule has 24 heavy (non-hydrogen) atoms.